The minimum absolute atomic E-state index is 0.0652. The third-order valence-electron chi connectivity index (χ3n) is 6.02. The molecule has 31 heavy (non-hydrogen) atoms. The first-order valence-corrected chi connectivity index (χ1v) is 11.1. The molecule has 0 bridgehead atoms. The van der Waals surface area contributed by atoms with Crippen molar-refractivity contribution in [3.05, 3.63) is 35.9 Å². The molecule has 0 saturated carbocycles. The largest absolute Gasteiger partial charge is 0.443 e. The summed E-state index contributed by atoms with van der Waals surface area (Å²) in [6, 6.07) is 9.17. The maximum absolute atomic E-state index is 12.6. The van der Waals surface area contributed by atoms with Crippen LogP contribution in [0.15, 0.2) is 30.3 Å². The van der Waals surface area contributed by atoms with E-state index in [9.17, 15) is 9.90 Å². The van der Waals surface area contributed by atoms with E-state index in [1.54, 1.807) is 0 Å². The summed E-state index contributed by atoms with van der Waals surface area (Å²) in [5, 5.41) is 13.6. The average Bonchev–Trinajstić information content (AvgIpc) is 3.40. The number of amides is 1. The Labute approximate surface area is 182 Å². The van der Waals surface area contributed by atoms with Gasteiger partial charge in [0.2, 0.25) is 0 Å². The number of fused-ring (bicyclic) bond motifs is 1. The smallest absolute Gasteiger partial charge is 0.407 e. The van der Waals surface area contributed by atoms with E-state index in [4.69, 9.17) is 23.8 Å². The molecule has 3 aliphatic heterocycles. The second kappa shape index (κ2) is 11.2. The zero-order chi connectivity index (χ0) is 21.5. The monoisotopic (exact) mass is 436 g/mol. The second-order valence-electron chi connectivity index (χ2n) is 8.25. The fourth-order valence-corrected chi connectivity index (χ4v) is 4.21. The lowest BCUT2D eigenvalue weighted by Gasteiger charge is -2.27. The van der Waals surface area contributed by atoms with Crippen molar-refractivity contribution in [2.75, 3.05) is 33.0 Å². The highest BCUT2D eigenvalue weighted by Crippen LogP contribution is 2.33. The van der Waals surface area contributed by atoms with Crippen LogP contribution >= 0.6 is 0 Å². The Kier molecular flexibility index (Phi) is 8.12. The van der Waals surface area contributed by atoms with Crippen LogP contribution in [0, 0.1) is 5.92 Å². The lowest BCUT2D eigenvalue weighted by Crippen LogP contribution is -2.50. The lowest BCUT2D eigenvalue weighted by molar-refractivity contribution is -0.0907. The molecule has 0 aliphatic carbocycles. The van der Waals surface area contributed by atoms with E-state index in [-0.39, 0.29) is 31.0 Å². The highest BCUT2D eigenvalue weighted by molar-refractivity contribution is 5.68. The first-order chi connectivity index (χ1) is 15.2. The first-order valence-electron chi connectivity index (χ1n) is 11.1. The molecule has 3 aliphatic rings. The Balaban J connectivity index is 1.30. The fourth-order valence-electron chi connectivity index (χ4n) is 4.21. The van der Waals surface area contributed by atoms with Crippen molar-refractivity contribution in [2.45, 2.75) is 56.3 Å². The van der Waals surface area contributed by atoms with Crippen LogP contribution in [0.4, 0.5) is 4.79 Å². The molecule has 9 heteroatoms. The summed E-state index contributed by atoms with van der Waals surface area (Å²) in [5.74, 6) is 0.0674. The maximum atomic E-state index is 12.6. The highest BCUT2D eigenvalue weighted by Gasteiger charge is 2.44. The van der Waals surface area contributed by atoms with Gasteiger partial charge in [0.15, 0.2) is 6.29 Å². The number of hydrogen-bond donors (Lipinski definition) is 3. The van der Waals surface area contributed by atoms with Crippen molar-refractivity contribution < 1.29 is 33.7 Å². The molecule has 1 unspecified atom stereocenters. The number of rotatable bonds is 9. The zero-order valence-electron chi connectivity index (χ0n) is 17.6. The molecular formula is C22H32N2O7. The number of aliphatic hydroxyl groups excluding tert-OH is 1. The molecule has 1 amide bonds. The Bertz CT molecular complexity index is 686. The zero-order valence-corrected chi connectivity index (χ0v) is 17.6. The molecule has 3 saturated heterocycles. The molecule has 3 fully saturated rings. The van der Waals surface area contributed by atoms with E-state index < -0.39 is 18.2 Å². The van der Waals surface area contributed by atoms with Crippen LogP contribution in [-0.2, 0) is 30.2 Å². The number of alkyl carbamates (subject to hydrolysis) is 1. The van der Waals surface area contributed by atoms with Crippen molar-refractivity contribution in [1.29, 1.82) is 0 Å². The van der Waals surface area contributed by atoms with E-state index >= 15 is 0 Å². The molecule has 1 aromatic carbocycles. The summed E-state index contributed by atoms with van der Waals surface area (Å²) in [6.07, 6.45) is 0.926. The van der Waals surface area contributed by atoms with Gasteiger partial charge in [0, 0.05) is 19.8 Å². The van der Waals surface area contributed by atoms with E-state index in [1.165, 1.54) is 0 Å². The van der Waals surface area contributed by atoms with Crippen LogP contribution in [0.25, 0.3) is 0 Å². The molecule has 1 aromatic rings. The molecular weight excluding hydrogens is 404 g/mol. The summed E-state index contributed by atoms with van der Waals surface area (Å²) in [5.41, 5.74) is 3.87. The van der Waals surface area contributed by atoms with Gasteiger partial charge in [-0.3, -0.25) is 4.84 Å². The van der Waals surface area contributed by atoms with Crippen LogP contribution in [-0.4, -0.2) is 74.8 Å². The third-order valence-corrected chi connectivity index (χ3v) is 6.02. The van der Waals surface area contributed by atoms with Gasteiger partial charge in [-0.2, -0.15) is 5.48 Å². The number of benzene rings is 1. The molecule has 9 nitrogen and oxygen atoms in total. The fraction of sp³-hybridized carbons (Fsp3) is 0.682. The van der Waals surface area contributed by atoms with Gasteiger partial charge in [0.1, 0.15) is 6.10 Å². The van der Waals surface area contributed by atoms with Crippen LogP contribution in [0.3, 0.4) is 0 Å². The van der Waals surface area contributed by atoms with Crippen molar-refractivity contribution in [3.8, 4) is 0 Å². The molecule has 4 rings (SSSR count). The number of carbonyl (C=O) groups is 1. The Morgan fingerprint density at radius 2 is 1.94 bits per heavy atom. The van der Waals surface area contributed by atoms with E-state index in [0.29, 0.717) is 32.8 Å². The first kappa shape index (κ1) is 22.4. The number of ether oxygens (including phenoxy) is 4. The van der Waals surface area contributed by atoms with Crippen molar-refractivity contribution in [2.24, 2.45) is 5.92 Å². The van der Waals surface area contributed by atoms with E-state index in [2.05, 4.69) is 10.8 Å². The van der Waals surface area contributed by atoms with E-state index in [1.807, 2.05) is 30.3 Å². The quantitative estimate of drug-likeness (QED) is 0.495. The van der Waals surface area contributed by atoms with Crippen LogP contribution in [0.1, 0.15) is 24.8 Å². The highest BCUT2D eigenvalue weighted by atomic mass is 16.7. The number of hydrogen-bond acceptors (Lipinski definition) is 8. The standard InChI is InChI=1S/C22H32N2O7/c25-19(13-23-31-16-6-9-27-10-7-16)18(12-15-4-2-1-3-5-15)24-22(26)30-20-14-29-21-17(20)8-11-28-21/h1-5,16-21,23,25H,6-14H2,(H,24,26)/t17-,18?,19+,20-,21+/m0/s1. The molecule has 5 atom stereocenters. The summed E-state index contributed by atoms with van der Waals surface area (Å²) < 4.78 is 21.9. The van der Waals surface area contributed by atoms with Crippen LogP contribution < -0.4 is 10.8 Å². The number of hydroxylamine groups is 1. The summed E-state index contributed by atoms with van der Waals surface area (Å²) >= 11 is 0. The molecule has 0 aromatic heterocycles. The molecule has 3 heterocycles. The Morgan fingerprint density at radius 1 is 1.13 bits per heavy atom. The van der Waals surface area contributed by atoms with Gasteiger partial charge < -0.3 is 29.4 Å². The molecule has 0 radical (unpaired) electrons. The summed E-state index contributed by atoms with van der Waals surface area (Å²) in [7, 11) is 0. The maximum Gasteiger partial charge on any atom is 0.407 e. The second-order valence-corrected chi connectivity index (χ2v) is 8.25. The van der Waals surface area contributed by atoms with Gasteiger partial charge in [0.25, 0.3) is 0 Å². The normalized spacial score (nSPS) is 28.1. The minimum atomic E-state index is -0.866. The predicted octanol–water partition coefficient (Wildman–Crippen LogP) is 1.15. The average molecular weight is 437 g/mol. The number of nitrogens with one attached hydrogen (secondary N) is 2. The van der Waals surface area contributed by atoms with Crippen molar-refractivity contribution in [1.82, 2.24) is 10.8 Å². The van der Waals surface area contributed by atoms with Gasteiger partial charge in [-0.25, -0.2) is 4.79 Å². The molecule has 3 N–H and O–H groups in total. The SMILES string of the molecule is O=C(NC(Cc1ccccc1)[C@H](O)CNOC1CCOCC1)O[C@H]1CO[C@H]2OCC[C@H]21. The van der Waals surface area contributed by atoms with Gasteiger partial charge in [-0.15, -0.1) is 0 Å². The summed E-state index contributed by atoms with van der Waals surface area (Å²) in [6.45, 7) is 2.48. The van der Waals surface area contributed by atoms with Gasteiger partial charge in [0.05, 0.1) is 37.4 Å². The predicted molar refractivity (Wildman–Crippen MR) is 110 cm³/mol. The number of carbonyl (C=O) groups excluding carboxylic acids is 1. The van der Waals surface area contributed by atoms with Gasteiger partial charge in [-0.1, -0.05) is 30.3 Å². The number of aliphatic hydroxyl groups is 1. The van der Waals surface area contributed by atoms with Gasteiger partial charge in [-0.05, 0) is 31.2 Å². The minimum Gasteiger partial charge on any atom is -0.443 e. The Hall–Kier alpha value is -1.75. The third kappa shape index (κ3) is 6.38. The van der Waals surface area contributed by atoms with Crippen LogP contribution in [0.5, 0.6) is 0 Å². The van der Waals surface area contributed by atoms with Crippen LogP contribution in [0.2, 0.25) is 0 Å². The molecule has 172 valence electrons. The topological polar surface area (TPSA) is 108 Å². The lowest BCUT2D eigenvalue weighted by atomic mass is 10.0. The van der Waals surface area contributed by atoms with E-state index in [0.717, 1.165) is 24.8 Å². The van der Waals surface area contributed by atoms with Gasteiger partial charge >= 0.3 is 6.09 Å². The van der Waals surface area contributed by atoms with Crippen molar-refractivity contribution >= 4 is 6.09 Å². The van der Waals surface area contributed by atoms with Crippen molar-refractivity contribution in [3.63, 3.8) is 0 Å². The molecule has 0 spiro atoms. The Morgan fingerprint density at radius 3 is 2.74 bits per heavy atom. The summed E-state index contributed by atoms with van der Waals surface area (Å²) in [4.78, 5) is 18.3.